The third-order valence-electron chi connectivity index (χ3n) is 2.42. The number of nitrogens with zero attached hydrogens (tertiary/aromatic N) is 2. The summed E-state index contributed by atoms with van der Waals surface area (Å²) in [5.74, 6) is 0.704. The molecule has 0 atom stereocenters. The maximum Gasteiger partial charge on any atom is 0.257 e. The summed E-state index contributed by atoms with van der Waals surface area (Å²) in [5.41, 5.74) is 0. The molecule has 0 aliphatic heterocycles. The van der Waals surface area contributed by atoms with Crippen LogP contribution in [0.3, 0.4) is 0 Å². The minimum Gasteiger partial charge on any atom is -0.366 e. The van der Waals surface area contributed by atoms with Crippen LogP contribution in [-0.4, -0.2) is 22.2 Å². The van der Waals surface area contributed by atoms with Crippen LogP contribution in [0.25, 0.3) is 0 Å². The topological polar surface area (TPSA) is 29.9 Å². The Morgan fingerprint density at radius 3 is 2.93 bits per heavy atom. The van der Waals surface area contributed by atoms with E-state index in [1.54, 1.807) is 12.3 Å². The molecular formula is C9H13F2N3. The van der Waals surface area contributed by atoms with E-state index < -0.39 is 6.43 Å². The Kier molecular flexibility index (Phi) is 2.65. The summed E-state index contributed by atoms with van der Waals surface area (Å²) >= 11 is 0. The Morgan fingerprint density at radius 2 is 2.36 bits per heavy atom. The van der Waals surface area contributed by atoms with Gasteiger partial charge in [0.1, 0.15) is 12.4 Å². The van der Waals surface area contributed by atoms with Gasteiger partial charge in [-0.1, -0.05) is 0 Å². The molecule has 1 aliphatic rings. The molecule has 0 spiro atoms. The Hall–Kier alpha value is -1.13. The lowest BCUT2D eigenvalue weighted by molar-refractivity contribution is 0.122. The zero-order chi connectivity index (χ0) is 9.97. The molecule has 0 amide bonds. The van der Waals surface area contributed by atoms with Gasteiger partial charge in [-0.2, -0.15) is 5.10 Å². The lowest BCUT2D eigenvalue weighted by atomic mass is 9.93. The molecule has 2 rings (SSSR count). The molecule has 1 saturated carbocycles. The summed E-state index contributed by atoms with van der Waals surface area (Å²) in [5, 5.41) is 7.19. The summed E-state index contributed by atoms with van der Waals surface area (Å²) < 4.78 is 25.2. The summed E-state index contributed by atoms with van der Waals surface area (Å²) in [6, 6.07) is 2.23. The van der Waals surface area contributed by atoms with Crippen molar-refractivity contribution in [2.24, 2.45) is 0 Å². The number of aromatic nitrogens is 2. The van der Waals surface area contributed by atoms with E-state index in [1.807, 2.05) is 0 Å². The lowest BCUT2D eigenvalue weighted by Crippen LogP contribution is -2.27. The fourth-order valence-electron chi connectivity index (χ4n) is 1.44. The first-order chi connectivity index (χ1) is 6.74. The minimum atomic E-state index is -2.34. The molecule has 1 aromatic rings. The largest absolute Gasteiger partial charge is 0.366 e. The first-order valence-electron chi connectivity index (χ1n) is 4.82. The van der Waals surface area contributed by atoms with Crippen molar-refractivity contribution in [3.8, 4) is 0 Å². The van der Waals surface area contributed by atoms with E-state index in [2.05, 4.69) is 10.4 Å². The molecule has 0 aromatic carbocycles. The zero-order valence-corrected chi connectivity index (χ0v) is 7.79. The van der Waals surface area contributed by atoms with Crippen molar-refractivity contribution < 1.29 is 8.78 Å². The molecule has 1 aromatic heterocycles. The average molecular weight is 201 g/mol. The van der Waals surface area contributed by atoms with Gasteiger partial charge in [0, 0.05) is 18.3 Å². The lowest BCUT2D eigenvalue weighted by Gasteiger charge is -2.26. The second-order valence-corrected chi connectivity index (χ2v) is 3.59. The Morgan fingerprint density at radius 1 is 1.57 bits per heavy atom. The van der Waals surface area contributed by atoms with Crippen molar-refractivity contribution >= 4 is 5.82 Å². The molecule has 0 unspecified atom stereocenters. The number of nitrogens with one attached hydrogen (secondary N) is 1. The highest BCUT2D eigenvalue weighted by Gasteiger charge is 2.17. The van der Waals surface area contributed by atoms with Gasteiger partial charge in [0.2, 0.25) is 0 Å². The fraction of sp³-hybridized carbons (Fsp3) is 0.667. The number of hydrogen-bond acceptors (Lipinski definition) is 2. The van der Waals surface area contributed by atoms with E-state index in [9.17, 15) is 8.78 Å². The second kappa shape index (κ2) is 3.94. The summed E-state index contributed by atoms with van der Waals surface area (Å²) in [6.45, 7) is -0.327. The molecular weight excluding hydrogens is 188 g/mol. The van der Waals surface area contributed by atoms with E-state index in [-0.39, 0.29) is 6.54 Å². The Balaban J connectivity index is 1.88. The van der Waals surface area contributed by atoms with Crippen LogP contribution >= 0.6 is 0 Å². The van der Waals surface area contributed by atoms with Crippen molar-refractivity contribution in [3.63, 3.8) is 0 Å². The van der Waals surface area contributed by atoms with Crippen LogP contribution in [0.4, 0.5) is 14.6 Å². The van der Waals surface area contributed by atoms with Gasteiger partial charge in [-0.05, 0) is 19.3 Å². The highest BCUT2D eigenvalue weighted by atomic mass is 19.3. The number of anilines is 1. The van der Waals surface area contributed by atoms with Gasteiger partial charge in [-0.25, -0.2) is 8.78 Å². The van der Waals surface area contributed by atoms with Gasteiger partial charge in [-0.15, -0.1) is 0 Å². The smallest absolute Gasteiger partial charge is 0.257 e. The molecule has 1 aliphatic carbocycles. The van der Waals surface area contributed by atoms with Crippen LogP contribution in [0.5, 0.6) is 0 Å². The van der Waals surface area contributed by atoms with E-state index in [0.29, 0.717) is 11.9 Å². The van der Waals surface area contributed by atoms with Crippen molar-refractivity contribution in [2.75, 3.05) is 5.32 Å². The summed E-state index contributed by atoms with van der Waals surface area (Å²) in [4.78, 5) is 0. The maximum atomic E-state index is 12.0. The Labute approximate surface area is 81.1 Å². The fourth-order valence-corrected chi connectivity index (χ4v) is 1.44. The minimum absolute atomic E-state index is 0.327. The molecule has 1 fully saturated rings. The van der Waals surface area contributed by atoms with Crippen molar-refractivity contribution in [1.82, 2.24) is 9.78 Å². The number of halogens is 2. The predicted molar refractivity (Wildman–Crippen MR) is 49.5 cm³/mol. The highest BCUT2D eigenvalue weighted by molar-refractivity contribution is 5.34. The molecule has 5 heteroatoms. The van der Waals surface area contributed by atoms with Gasteiger partial charge in [0.25, 0.3) is 6.43 Å². The van der Waals surface area contributed by atoms with Gasteiger partial charge >= 0.3 is 0 Å². The van der Waals surface area contributed by atoms with Crippen LogP contribution in [-0.2, 0) is 6.54 Å². The molecule has 1 heterocycles. The SMILES string of the molecule is FC(F)Cn1ccc(NC2CCC2)n1. The standard InChI is InChI=1S/C9H13F2N3/c10-8(11)6-14-5-4-9(13-14)12-7-2-1-3-7/h4-5,7-8H,1-3,6H2,(H,12,13). The highest BCUT2D eigenvalue weighted by Crippen LogP contribution is 2.22. The molecule has 0 bridgehead atoms. The average Bonchev–Trinajstić information content (AvgIpc) is 2.44. The van der Waals surface area contributed by atoms with E-state index in [4.69, 9.17) is 0 Å². The van der Waals surface area contributed by atoms with Crippen molar-refractivity contribution in [1.29, 1.82) is 0 Å². The van der Waals surface area contributed by atoms with Crippen molar-refractivity contribution in [3.05, 3.63) is 12.3 Å². The first kappa shape index (κ1) is 9.43. The van der Waals surface area contributed by atoms with Crippen LogP contribution in [0.15, 0.2) is 12.3 Å². The molecule has 78 valence electrons. The van der Waals surface area contributed by atoms with E-state index in [1.165, 1.54) is 11.1 Å². The van der Waals surface area contributed by atoms with Crippen LogP contribution in [0.1, 0.15) is 19.3 Å². The molecule has 3 nitrogen and oxygen atoms in total. The van der Waals surface area contributed by atoms with Gasteiger partial charge in [0.05, 0.1) is 0 Å². The Bertz CT molecular complexity index is 294. The second-order valence-electron chi connectivity index (χ2n) is 3.59. The maximum absolute atomic E-state index is 12.0. The summed E-state index contributed by atoms with van der Waals surface area (Å²) in [7, 11) is 0. The quantitative estimate of drug-likeness (QED) is 0.808. The van der Waals surface area contributed by atoms with Crippen LogP contribution in [0.2, 0.25) is 0 Å². The normalized spacial score (nSPS) is 17.1. The molecule has 0 radical (unpaired) electrons. The van der Waals surface area contributed by atoms with Crippen LogP contribution in [0, 0.1) is 0 Å². The van der Waals surface area contributed by atoms with Gasteiger partial charge < -0.3 is 5.32 Å². The monoisotopic (exact) mass is 201 g/mol. The number of hydrogen-bond donors (Lipinski definition) is 1. The van der Waals surface area contributed by atoms with E-state index in [0.717, 1.165) is 12.8 Å². The third kappa shape index (κ3) is 2.21. The third-order valence-corrected chi connectivity index (χ3v) is 2.42. The molecule has 1 N–H and O–H groups in total. The first-order valence-corrected chi connectivity index (χ1v) is 4.82. The van der Waals surface area contributed by atoms with Crippen LogP contribution < -0.4 is 5.32 Å². The summed E-state index contributed by atoms with van der Waals surface area (Å²) in [6.07, 6.45) is 2.79. The predicted octanol–water partition coefficient (Wildman–Crippen LogP) is 2.11. The molecule has 14 heavy (non-hydrogen) atoms. The zero-order valence-electron chi connectivity index (χ0n) is 7.79. The van der Waals surface area contributed by atoms with E-state index >= 15 is 0 Å². The number of rotatable bonds is 4. The van der Waals surface area contributed by atoms with Crippen molar-refractivity contribution in [2.45, 2.75) is 38.3 Å². The van der Waals surface area contributed by atoms with Gasteiger partial charge in [-0.3, -0.25) is 4.68 Å². The molecule has 0 saturated heterocycles. The van der Waals surface area contributed by atoms with Gasteiger partial charge in [0.15, 0.2) is 0 Å². The number of alkyl halides is 2.